The van der Waals surface area contributed by atoms with E-state index in [4.69, 9.17) is 20.4 Å². The molecule has 1 aliphatic heterocycles. The van der Waals surface area contributed by atoms with Crippen molar-refractivity contribution in [2.75, 3.05) is 25.1 Å². The van der Waals surface area contributed by atoms with E-state index < -0.39 is 0 Å². The minimum atomic E-state index is -0.283. The third-order valence-electron chi connectivity index (χ3n) is 4.89. The van der Waals surface area contributed by atoms with Crippen molar-refractivity contribution in [3.63, 3.8) is 0 Å². The normalized spacial score (nSPS) is 22.3. The second-order valence-electron chi connectivity index (χ2n) is 7.14. The molecule has 24 heavy (non-hydrogen) atoms. The molecule has 2 aromatic rings. The molecule has 0 saturated carbocycles. The van der Waals surface area contributed by atoms with E-state index in [2.05, 4.69) is 42.6 Å². The highest BCUT2D eigenvalue weighted by Gasteiger charge is 2.34. The molecule has 4 rings (SSSR count). The van der Waals surface area contributed by atoms with E-state index in [1.165, 1.54) is 5.56 Å². The van der Waals surface area contributed by atoms with Gasteiger partial charge in [0.25, 0.3) is 0 Å². The first-order valence-electron chi connectivity index (χ1n) is 8.67. The Morgan fingerprint density at radius 1 is 1.29 bits per heavy atom. The molecule has 1 aromatic carbocycles. The van der Waals surface area contributed by atoms with Crippen molar-refractivity contribution >= 4 is 16.7 Å². The van der Waals surface area contributed by atoms with Gasteiger partial charge in [-0.3, -0.25) is 0 Å². The molecule has 5 heteroatoms. The van der Waals surface area contributed by atoms with Crippen molar-refractivity contribution in [3.8, 4) is 0 Å². The maximum atomic E-state index is 6.27. The Morgan fingerprint density at radius 3 is 2.88 bits per heavy atom. The number of hydrogen-bond acceptors (Lipinski definition) is 5. The lowest BCUT2D eigenvalue weighted by Gasteiger charge is -2.38. The van der Waals surface area contributed by atoms with Gasteiger partial charge in [0, 0.05) is 17.8 Å². The number of nitrogens with one attached hydrogen (secondary N) is 1. The number of nitrogens with zero attached hydrogens (tertiary/aromatic N) is 2. The highest BCUT2D eigenvalue weighted by Crippen LogP contribution is 2.30. The average Bonchev–Trinajstić information content (AvgIpc) is 2.58. The van der Waals surface area contributed by atoms with E-state index in [1.807, 2.05) is 0 Å². The van der Waals surface area contributed by atoms with Crippen molar-refractivity contribution in [3.05, 3.63) is 41.7 Å². The monoisotopic (exact) mass is 324 g/mol. The maximum Gasteiger partial charge on any atom is 0.137 e. The molecule has 1 unspecified atom stereocenters. The Hall–Kier alpha value is -1.98. The molecule has 3 N–H and O–H groups in total. The van der Waals surface area contributed by atoms with Crippen LogP contribution < -0.4 is 11.1 Å². The van der Waals surface area contributed by atoms with Gasteiger partial charge in [-0.15, -0.1) is 0 Å². The van der Waals surface area contributed by atoms with Gasteiger partial charge in [-0.1, -0.05) is 23.8 Å². The lowest BCUT2D eigenvalue weighted by Crippen LogP contribution is -2.61. The number of anilines is 1. The third-order valence-corrected chi connectivity index (χ3v) is 4.89. The van der Waals surface area contributed by atoms with Crippen LogP contribution in [0.1, 0.15) is 36.6 Å². The Balaban J connectivity index is 1.70. The van der Waals surface area contributed by atoms with Crippen LogP contribution in [0, 0.1) is 6.92 Å². The average molecular weight is 324 g/mol. The van der Waals surface area contributed by atoms with Crippen LogP contribution in [0.5, 0.6) is 0 Å². The summed E-state index contributed by atoms with van der Waals surface area (Å²) in [4.78, 5) is 9.71. The number of nitrogens with two attached hydrogens (primary N) is 1. The summed E-state index contributed by atoms with van der Waals surface area (Å²) < 4.78 is 5.25. The summed E-state index contributed by atoms with van der Waals surface area (Å²) in [5.74, 6) is 2.24. The summed E-state index contributed by atoms with van der Waals surface area (Å²) in [7, 11) is 0. The van der Waals surface area contributed by atoms with E-state index in [0.717, 1.165) is 41.8 Å². The van der Waals surface area contributed by atoms with E-state index in [9.17, 15) is 0 Å². The summed E-state index contributed by atoms with van der Waals surface area (Å²) in [6.07, 6.45) is 7.72. The molecule has 0 spiro atoms. The van der Waals surface area contributed by atoms with E-state index >= 15 is 0 Å². The molecule has 0 radical (unpaired) electrons. The van der Waals surface area contributed by atoms with Crippen molar-refractivity contribution in [1.29, 1.82) is 0 Å². The maximum absolute atomic E-state index is 6.27. The van der Waals surface area contributed by atoms with E-state index in [1.54, 1.807) is 0 Å². The van der Waals surface area contributed by atoms with Gasteiger partial charge in [0.05, 0.1) is 24.3 Å². The Labute approximate surface area is 142 Å². The van der Waals surface area contributed by atoms with Gasteiger partial charge < -0.3 is 15.8 Å². The molecule has 0 amide bonds. The van der Waals surface area contributed by atoms with Crippen LogP contribution in [0.4, 0.5) is 5.82 Å². The number of fused-ring (bicyclic) bond motifs is 1. The van der Waals surface area contributed by atoms with Crippen LogP contribution in [-0.4, -0.2) is 35.3 Å². The fraction of sp³-hybridized carbons (Fsp3) is 0.474. The fourth-order valence-electron chi connectivity index (χ4n) is 3.33. The van der Waals surface area contributed by atoms with E-state index in [-0.39, 0.29) is 5.54 Å². The molecule has 2 heterocycles. The highest BCUT2D eigenvalue weighted by molar-refractivity contribution is 5.89. The molecular weight excluding hydrogens is 300 g/mol. The second kappa shape index (κ2) is 6.15. The number of ether oxygens (including phenoxy) is 1. The van der Waals surface area contributed by atoms with Crippen LogP contribution in [-0.2, 0) is 4.74 Å². The van der Waals surface area contributed by atoms with Gasteiger partial charge in [-0.25, -0.2) is 9.97 Å². The predicted octanol–water partition coefficient (Wildman–Crippen LogP) is 2.90. The van der Waals surface area contributed by atoms with Crippen molar-refractivity contribution in [2.45, 2.75) is 37.6 Å². The first-order valence-corrected chi connectivity index (χ1v) is 8.67. The van der Waals surface area contributed by atoms with Crippen LogP contribution in [0.2, 0.25) is 0 Å². The fourth-order valence-corrected chi connectivity index (χ4v) is 3.33. The van der Waals surface area contributed by atoms with Gasteiger partial charge in [0.15, 0.2) is 0 Å². The van der Waals surface area contributed by atoms with Gasteiger partial charge >= 0.3 is 0 Å². The molecule has 5 nitrogen and oxygen atoms in total. The summed E-state index contributed by atoms with van der Waals surface area (Å²) in [6, 6.07) is 6.33. The number of rotatable bonds is 4. The van der Waals surface area contributed by atoms with Gasteiger partial charge in [-0.05, 0) is 38.3 Å². The van der Waals surface area contributed by atoms with Crippen molar-refractivity contribution < 1.29 is 4.74 Å². The molecule has 1 atom stereocenters. The first kappa shape index (κ1) is 15.5. The molecule has 0 bridgehead atoms. The number of allylic oxidation sites excluding steroid dienone is 2. The third kappa shape index (κ3) is 3.01. The lowest BCUT2D eigenvalue weighted by molar-refractivity contribution is -0.0461. The molecule has 1 aliphatic carbocycles. The van der Waals surface area contributed by atoms with Gasteiger partial charge in [0.1, 0.15) is 11.6 Å². The van der Waals surface area contributed by atoms with Crippen LogP contribution in [0.25, 0.3) is 10.9 Å². The standard InChI is InChI=1S/C19H24N4O/c1-13-7-8-16-15(9-13)18(21-10-19(20)11-24-12-19)23-17(22-16)14-5-3-2-4-6-14/h2-3,7-9,14H,4-6,10-12,20H2,1H3,(H,21,22,23). The highest BCUT2D eigenvalue weighted by atomic mass is 16.5. The topological polar surface area (TPSA) is 73.1 Å². The summed E-state index contributed by atoms with van der Waals surface area (Å²) in [6.45, 7) is 3.95. The van der Waals surface area contributed by atoms with Crippen molar-refractivity contribution in [1.82, 2.24) is 9.97 Å². The minimum absolute atomic E-state index is 0.283. The molecule has 2 aliphatic rings. The zero-order chi connectivity index (χ0) is 16.6. The predicted molar refractivity (Wildman–Crippen MR) is 96.2 cm³/mol. The van der Waals surface area contributed by atoms with Gasteiger partial charge in [-0.2, -0.15) is 0 Å². The lowest BCUT2D eigenvalue weighted by atomic mass is 9.93. The Morgan fingerprint density at radius 2 is 2.17 bits per heavy atom. The SMILES string of the molecule is Cc1ccc2nc(C3CC=CCC3)nc(NCC3(N)COC3)c2c1. The van der Waals surface area contributed by atoms with E-state index in [0.29, 0.717) is 25.7 Å². The van der Waals surface area contributed by atoms with Crippen LogP contribution in [0.15, 0.2) is 30.4 Å². The largest absolute Gasteiger partial charge is 0.377 e. The second-order valence-corrected chi connectivity index (χ2v) is 7.14. The minimum Gasteiger partial charge on any atom is -0.377 e. The first-order chi connectivity index (χ1) is 11.6. The smallest absolute Gasteiger partial charge is 0.137 e. The molecule has 1 saturated heterocycles. The molecule has 1 aromatic heterocycles. The summed E-state index contributed by atoms with van der Waals surface area (Å²) in [5.41, 5.74) is 8.19. The number of aromatic nitrogens is 2. The number of hydrogen-bond donors (Lipinski definition) is 2. The quantitative estimate of drug-likeness (QED) is 0.846. The van der Waals surface area contributed by atoms with Crippen LogP contribution >= 0.6 is 0 Å². The van der Waals surface area contributed by atoms with Crippen molar-refractivity contribution in [2.24, 2.45) is 5.73 Å². The zero-order valence-electron chi connectivity index (χ0n) is 14.1. The Bertz CT molecular complexity index is 782. The van der Waals surface area contributed by atoms with Crippen LogP contribution in [0.3, 0.4) is 0 Å². The molecule has 1 fully saturated rings. The zero-order valence-corrected chi connectivity index (χ0v) is 14.1. The summed E-state index contributed by atoms with van der Waals surface area (Å²) in [5, 5.41) is 4.53. The summed E-state index contributed by atoms with van der Waals surface area (Å²) >= 11 is 0. The number of aryl methyl sites for hydroxylation is 1. The number of benzene rings is 1. The molecular formula is C19H24N4O. The Kier molecular flexibility index (Phi) is 3.98. The van der Waals surface area contributed by atoms with Gasteiger partial charge in [0.2, 0.25) is 0 Å². The molecule has 126 valence electrons.